The number of aromatic nitrogens is 1. The van der Waals surface area contributed by atoms with E-state index in [1.807, 2.05) is 6.20 Å². The van der Waals surface area contributed by atoms with Crippen LogP contribution in [0.5, 0.6) is 0 Å². The van der Waals surface area contributed by atoms with Crippen LogP contribution in [0.4, 0.5) is 0 Å². The SMILES string of the molecule is Cn1cc(C(CN)CC(=O)O)cc1Cl. The molecule has 0 aromatic carbocycles. The van der Waals surface area contributed by atoms with Crippen molar-refractivity contribution in [2.75, 3.05) is 6.54 Å². The lowest BCUT2D eigenvalue weighted by molar-refractivity contribution is -0.137. The van der Waals surface area contributed by atoms with Gasteiger partial charge in [-0.15, -0.1) is 0 Å². The standard InChI is InChI=1S/C9H13ClN2O2/c1-12-5-7(2-8(12)10)6(4-11)3-9(13)14/h2,5-6H,3-4,11H2,1H3,(H,13,14). The number of nitrogens with zero attached hydrogens (tertiary/aromatic N) is 1. The van der Waals surface area contributed by atoms with E-state index in [2.05, 4.69) is 0 Å². The predicted molar refractivity (Wildman–Crippen MR) is 54.5 cm³/mol. The summed E-state index contributed by atoms with van der Waals surface area (Å²) < 4.78 is 1.74. The number of carboxylic acid groups (broad SMARTS) is 1. The van der Waals surface area contributed by atoms with Crippen LogP contribution >= 0.6 is 11.6 Å². The molecule has 78 valence electrons. The van der Waals surface area contributed by atoms with Crippen LogP contribution in [0, 0.1) is 0 Å². The van der Waals surface area contributed by atoms with Crippen LogP contribution in [0.25, 0.3) is 0 Å². The molecule has 0 aliphatic heterocycles. The maximum Gasteiger partial charge on any atom is 0.304 e. The third-order valence-electron chi connectivity index (χ3n) is 2.14. The molecule has 0 fully saturated rings. The molecule has 1 atom stereocenters. The number of carboxylic acids is 1. The molecule has 1 rings (SSSR count). The average molecular weight is 217 g/mol. The molecule has 1 aromatic rings. The second kappa shape index (κ2) is 4.48. The minimum atomic E-state index is -0.847. The van der Waals surface area contributed by atoms with Gasteiger partial charge in [-0.25, -0.2) is 0 Å². The predicted octanol–water partition coefficient (Wildman–Crippen LogP) is 1.20. The number of hydrogen-bond donors (Lipinski definition) is 2. The van der Waals surface area contributed by atoms with Gasteiger partial charge in [0.15, 0.2) is 0 Å². The van der Waals surface area contributed by atoms with Gasteiger partial charge >= 0.3 is 5.97 Å². The fourth-order valence-electron chi connectivity index (χ4n) is 1.33. The van der Waals surface area contributed by atoms with E-state index >= 15 is 0 Å². The summed E-state index contributed by atoms with van der Waals surface area (Å²) in [4.78, 5) is 10.5. The lowest BCUT2D eigenvalue weighted by Gasteiger charge is -2.09. The zero-order valence-corrected chi connectivity index (χ0v) is 8.66. The molecule has 0 spiro atoms. The summed E-state index contributed by atoms with van der Waals surface area (Å²) in [6, 6.07) is 1.75. The second-order valence-corrected chi connectivity index (χ2v) is 3.62. The molecule has 0 aliphatic carbocycles. The molecule has 3 N–H and O–H groups in total. The van der Waals surface area contributed by atoms with Crippen molar-refractivity contribution in [2.24, 2.45) is 12.8 Å². The molecule has 0 saturated carbocycles. The summed E-state index contributed by atoms with van der Waals surface area (Å²) in [6.07, 6.45) is 1.85. The topological polar surface area (TPSA) is 68.2 Å². The Balaban J connectivity index is 2.83. The van der Waals surface area contributed by atoms with Gasteiger partial charge in [0, 0.05) is 19.2 Å². The minimum Gasteiger partial charge on any atom is -0.481 e. The maximum atomic E-state index is 10.5. The first kappa shape index (κ1) is 11.1. The number of hydrogen-bond acceptors (Lipinski definition) is 2. The fraction of sp³-hybridized carbons (Fsp3) is 0.444. The number of aryl methyl sites for hydroxylation is 1. The summed E-state index contributed by atoms with van der Waals surface area (Å²) >= 11 is 5.84. The van der Waals surface area contributed by atoms with Gasteiger partial charge < -0.3 is 15.4 Å². The summed E-state index contributed by atoms with van der Waals surface area (Å²) in [6.45, 7) is 0.312. The van der Waals surface area contributed by atoms with Gasteiger partial charge in [-0.05, 0) is 18.2 Å². The van der Waals surface area contributed by atoms with Crippen LogP contribution in [0.15, 0.2) is 12.3 Å². The largest absolute Gasteiger partial charge is 0.481 e. The molecule has 1 heterocycles. The minimum absolute atomic E-state index is 0.0385. The molecule has 0 radical (unpaired) electrons. The third kappa shape index (κ3) is 2.49. The number of carbonyl (C=O) groups is 1. The van der Waals surface area contributed by atoms with Crippen LogP contribution in [0.3, 0.4) is 0 Å². The molecule has 5 heteroatoms. The van der Waals surface area contributed by atoms with E-state index in [4.69, 9.17) is 22.4 Å². The zero-order valence-electron chi connectivity index (χ0n) is 7.90. The highest BCUT2D eigenvalue weighted by atomic mass is 35.5. The van der Waals surface area contributed by atoms with E-state index < -0.39 is 5.97 Å². The summed E-state index contributed by atoms with van der Waals surface area (Å²) in [7, 11) is 1.81. The Morgan fingerprint density at radius 1 is 1.79 bits per heavy atom. The first-order valence-corrected chi connectivity index (χ1v) is 4.66. The molecule has 1 aromatic heterocycles. The van der Waals surface area contributed by atoms with E-state index in [0.717, 1.165) is 5.56 Å². The molecule has 14 heavy (non-hydrogen) atoms. The Labute approximate surface area is 87.3 Å². The lowest BCUT2D eigenvalue weighted by atomic mass is 9.99. The number of rotatable bonds is 4. The Hall–Kier alpha value is -1.00. The van der Waals surface area contributed by atoms with Gasteiger partial charge in [-0.1, -0.05) is 11.6 Å². The fourth-order valence-corrected chi connectivity index (χ4v) is 1.51. The van der Waals surface area contributed by atoms with Crippen molar-refractivity contribution in [1.29, 1.82) is 0 Å². The van der Waals surface area contributed by atoms with Crippen molar-refractivity contribution in [1.82, 2.24) is 4.57 Å². The van der Waals surface area contributed by atoms with Crippen molar-refractivity contribution < 1.29 is 9.90 Å². The van der Waals surface area contributed by atoms with Gasteiger partial charge in [-0.2, -0.15) is 0 Å². The molecule has 0 bridgehead atoms. The van der Waals surface area contributed by atoms with Crippen LogP contribution in [-0.4, -0.2) is 22.2 Å². The number of halogens is 1. The monoisotopic (exact) mass is 216 g/mol. The van der Waals surface area contributed by atoms with Crippen LogP contribution in [0.1, 0.15) is 17.9 Å². The van der Waals surface area contributed by atoms with Gasteiger partial charge in [0.1, 0.15) is 5.15 Å². The Morgan fingerprint density at radius 2 is 2.43 bits per heavy atom. The Morgan fingerprint density at radius 3 is 2.79 bits per heavy atom. The van der Waals surface area contributed by atoms with Gasteiger partial charge in [-0.3, -0.25) is 4.79 Å². The van der Waals surface area contributed by atoms with E-state index in [0.29, 0.717) is 11.7 Å². The van der Waals surface area contributed by atoms with Crippen molar-refractivity contribution in [3.8, 4) is 0 Å². The van der Waals surface area contributed by atoms with Crippen LogP contribution < -0.4 is 5.73 Å². The maximum absolute atomic E-state index is 10.5. The van der Waals surface area contributed by atoms with Crippen LogP contribution in [-0.2, 0) is 11.8 Å². The van der Waals surface area contributed by atoms with E-state index in [-0.39, 0.29) is 12.3 Å². The smallest absolute Gasteiger partial charge is 0.304 e. The quantitative estimate of drug-likeness (QED) is 0.795. The molecular weight excluding hydrogens is 204 g/mol. The number of nitrogens with two attached hydrogens (primary N) is 1. The first-order chi connectivity index (χ1) is 6.54. The third-order valence-corrected chi connectivity index (χ3v) is 2.52. The van der Waals surface area contributed by atoms with Gasteiger partial charge in [0.25, 0.3) is 0 Å². The van der Waals surface area contributed by atoms with Crippen LogP contribution in [0.2, 0.25) is 5.15 Å². The molecule has 0 aliphatic rings. The molecule has 1 unspecified atom stereocenters. The summed E-state index contributed by atoms with van der Waals surface area (Å²) in [5.41, 5.74) is 6.37. The lowest BCUT2D eigenvalue weighted by Crippen LogP contribution is -2.15. The van der Waals surface area contributed by atoms with Crippen molar-refractivity contribution in [2.45, 2.75) is 12.3 Å². The van der Waals surface area contributed by atoms with E-state index in [1.165, 1.54) is 0 Å². The van der Waals surface area contributed by atoms with Crippen molar-refractivity contribution in [3.05, 3.63) is 23.0 Å². The Bertz CT molecular complexity index is 316. The molecule has 0 amide bonds. The van der Waals surface area contributed by atoms with E-state index in [1.54, 1.807) is 17.7 Å². The highest BCUT2D eigenvalue weighted by molar-refractivity contribution is 6.29. The molecule has 0 saturated heterocycles. The first-order valence-electron chi connectivity index (χ1n) is 4.28. The second-order valence-electron chi connectivity index (χ2n) is 3.24. The van der Waals surface area contributed by atoms with Gasteiger partial charge in [0.2, 0.25) is 0 Å². The highest BCUT2D eigenvalue weighted by Crippen LogP contribution is 2.23. The normalized spacial score (nSPS) is 12.8. The van der Waals surface area contributed by atoms with Crippen molar-refractivity contribution >= 4 is 17.6 Å². The summed E-state index contributed by atoms with van der Waals surface area (Å²) in [5.74, 6) is -1.01. The molecular formula is C9H13ClN2O2. The van der Waals surface area contributed by atoms with Crippen molar-refractivity contribution in [3.63, 3.8) is 0 Å². The highest BCUT2D eigenvalue weighted by Gasteiger charge is 2.15. The number of aliphatic carboxylic acids is 1. The summed E-state index contributed by atoms with van der Waals surface area (Å²) in [5, 5.41) is 9.24. The van der Waals surface area contributed by atoms with E-state index in [9.17, 15) is 4.79 Å². The van der Waals surface area contributed by atoms with Gasteiger partial charge in [0.05, 0.1) is 6.42 Å². The zero-order chi connectivity index (χ0) is 10.7. The molecule has 4 nitrogen and oxygen atoms in total. The Kier molecular flexibility index (Phi) is 3.55. The average Bonchev–Trinajstić information content (AvgIpc) is 2.42.